The molecule has 4 heteroatoms. The van der Waals surface area contributed by atoms with Gasteiger partial charge in [-0.1, -0.05) is 19.3 Å². The maximum absolute atomic E-state index is 10.9. The van der Waals surface area contributed by atoms with Crippen LogP contribution in [0.3, 0.4) is 0 Å². The zero-order chi connectivity index (χ0) is 11.9. The molecule has 1 saturated carbocycles. The van der Waals surface area contributed by atoms with Crippen LogP contribution in [0, 0.1) is 0 Å². The molecule has 1 aliphatic rings. The first-order chi connectivity index (χ1) is 7.72. The summed E-state index contributed by atoms with van der Waals surface area (Å²) in [5.74, 6) is -0.163. The van der Waals surface area contributed by atoms with Crippen LogP contribution in [-0.2, 0) is 9.53 Å². The standard InChI is InChI=1S/C12H23NO3/c1-16-11(15)6-5-9-13-12(10-14)7-3-2-4-8-12/h13-14H,2-10H2,1H3. The lowest BCUT2D eigenvalue weighted by Crippen LogP contribution is -2.50. The minimum absolute atomic E-state index is 0.0889. The fraction of sp³-hybridized carbons (Fsp3) is 0.917. The summed E-state index contributed by atoms with van der Waals surface area (Å²) in [6.45, 7) is 0.973. The van der Waals surface area contributed by atoms with E-state index >= 15 is 0 Å². The zero-order valence-corrected chi connectivity index (χ0v) is 10.1. The summed E-state index contributed by atoms with van der Waals surface area (Å²) in [6.07, 6.45) is 6.95. The van der Waals surface area contributed by atoms with Crippen LogP contribution in [0.25, 0.3) is 0 Å². The van der Waals surface area contributed by atoms with E-state index in [0.717, 1.165) is 25.8 Å². The second kappa shape index (κ2) is 6.86. The van der Waals surface area contributed by atoms with Crippen LogP contribution in [0.1, 0.15) is 44.9 Å². The van der Waals surface area contributed by atoms with Crippen molar-refractivity contribution in [3.8, 4) is 0 Å². The van der Waals surface area contributed by atoms with Gasteiger partial charge in [0.25, 0.3) is 0 Å². The third-order valence-electron chi connectivity index (χ3n) is 3.40. The molecule has 94 valence electrons. The maximum atomic E-state index is 10.9. The topological polar surface area (TPSA) is 58.6 Å². The Morgan fingerprint density at radius 2 is 2.06 bits per heavy atom. The van der Waals surface area contributed by atoms with E-state index in [1.54, 1.807) is 0 Å². The molecule has 0 radical (unpaired) electrons. The Morgan fingerprint density at radius 3 is 2.62 bits per heavy atom. The smallest absolute Gasteiger partial charge is 0.305 e. The minimum Gasteiger partial charge on any atom is -0.469 e. The normalized spacial score (nSPS) is 19.4. The van der Waals surface area contributed by atoms with Crippen molar-refractivity contribution in [2.45, 2.75) is 50.5 Å². The number of ether oxygens (including phenoxy) is 1. The lowest BCUT2D eigenvalue weighted by atomic mass is 9.82. The summed E-state index contributed by atoms with van der Waals surface area (Å²) < 4.78 is 4.58. The summed E-state index contributed by atoms with van der Waals surface area (Å²) in [4.78, 5) is 10.9. The Morgan fingerprint density at radius 1 is 1.38 bits per heavy atom. The molecule has 4 nitrogen and oxygen atoms in total. The molecule has 1 fully saturated rings. The van der Waals surface area contributed by atoms with Gasteiger partial charge in [0.1, 0.15) is 0 Å². The average molecular weight is 229 g/mol. The zero-order valence-electron chi connectivity index (χ0n) is 10.1. The fourth-order valence-electron chi connectivity index (χ4n) is 2.31. The predicted molar refractivity (Wildman–Crippen MR) is 62.2 cm³/mol. The number of rotatable bonds is 6. The molecular weight excluding hydrogens is 206 g/mol. The van der Waals surface area contributed by atoms with Crippen LogP contribution in [0.4, 0.5) is 0 Å². The first-order valence-corrected chi connectivity index (χ1v) is 6.15. The van der Waals surface area contributed by atoms with Crippen molar-refractivity contribution in [3.63, 3.8) is 0 Å². The van der Waals surface area contributed by atoms with Crippen LogP contribution >= 0.6 is 0 Å². The number of aliphatic hydroxyl groups excluding tert-OH is 1. The van der Waals surface area contributed by atoms with Gasteiger partial charge >= 0.3 is 5.97 Å². The second-order valence-electron chi connectivity index (χ2n) is 4.61. The van der Waals surface area contributed by atoms with Crippen molar-refractivity contribution in [2.24, 2.45) is 0 Å². The highest BCUT2D eigenvalue weighted by Gasteiger charge is 2.30. The van der Waals surface area contributed by atoms with E-state index < -0.39 is 0 Å². The largest absolute Gasteiger partial charge is 0.469 e. The van der Waals surface area contributed by atoms with Gasteiger partial charge in [0.2, 0.25) is 0 Å². The van der Waals surface area contributed by atoms with Crippen molar-refractivity contribution < 1.29 is 14.6 Å². The first kappa shape index (κ1) is 13.5. The van der Waals surface area contributed by atoms with Crippen LogP contribution in [-0.4, -0.2) is 36.9 Å². The first-order valence-electron chi connectivity index (χ1n) is 6.15. The minimum atomic E-state index is -0.163. The molecule has 0 spiro atoms. The highest BCUT2D eigenvalue weighted by molar-refractivity contribution is 5.69. The van der Waals surface area contributed by atoms with Crippen molar-refractivity contribution >= 4 is 5.97 Å². The molecule has 0 aromatic carbocycles. The maximum Gasteiger partial charge on any atom is 0.305 e. The third kappa shape index (κ3) is 4.10. The van der Waals surface area contributed by atoms with Gasteiger partial charge in [0.05, 0.1) is 13.7 Å². The third-order valence-corrected chi connectivity index (χ3v) is 3.40. The Bertz CT molecular complexity index is 212. The van der Waals surface area contributed by atoms with E-state index in [1.165, 1.54) is 26.4 Å². The van der Waals surface area contributed by atoms with Crippen LogP contribution in [0.15, 0.2) is 0 Å². The number of carbonyl (C=O) groups excluding carboxylic acids is 1. The molecule has 0 bridgehead atoms. The molecule has 0 aromatic rings. The van der Waals surface area contributed by atoms with Gasteiger partial charge in [-0.05, 0) is 25.8 Å². The lowest BCUT2D eigenvalue weighted by molar-refractivity contribution is -0.140. The number of aliphatic hydroxyl groups is 1. The van der Waals surface area contributed by atoms with Gasteiger partial charge < -0.3 is 15.2 Å². The number of hydrogen-bond acceptors (Lipinski definition) is 4. The van der Waals surface area contributed by atoms with Gasteiger partial charge in [0.15, 0.2) is 0 Å². The van der Waals surface area contributed by atoms with Crippen molar-refractivity contribution in [1.29, 1.82) is 0 Å². The molecule has 1 rings (SSSR count). The van der Waals surface area contributed by atoms with Crippen LogP contribution in [0.2, 0.25) is 0 Å². The van der Waals surface area contributed by atoms with Crippen molar-refractivity contribution in [1.82, 2.24) is 5.32 Å². The summed E-state index contributed by atoms with van der Waals surface area (Å²) in [5.41, 5.74) is -0.0889. The number of esters is 1. The van der Waals surface area contributed by atoms with Gasteiger partial charge in [-0.2, -0.15) is 0 Å². The average Bonchev–Trinajstić information content (AvgIpc) is 2.35. The van der Waals surface area contributed by atoms with Gasteiger partial charge in [-0.15, -0.1) is 0 Å². The molecule has 1 aliphatic carbocycles. The molecule has 0 amide bonds. The highest BCUT2D eigenvalue weighted by Crippen LogP contribution is 2.27. The van der Waals surface area contributed by atoms with Gasteiger partial charge in [0, 0.05) is 12.0 Å². The van der Waals surface area contributed by atoms with E-state index in [4.69, 9.17) is 0 Å². The van der Waals surface area contributed by atoms with Crippen LogP contribution in [0.5, 0.6) is 0 Å². The highest BCUT2D eigenvalue weighted by atomic mass is 16.5. The predicted octanol–water partition coefficient (Wildman–Crippen LogP) is 1.22. The number of hydrogen-bond donors (Lipinski definition) is 2. The SMILES string of the molecule is COC(=O)CCCNC1(CO)CCCCC1. The van der Waals surface area contributed by atoms with Gasteiger partial charge in [-0.3, -0.25) is 4.79 Å². The Balaban J connectivity index is 2.20. The van der Waals surface area contributed by atoms with E-state index in [0.29, 0.717) is 6.42 Å². The van der Waals surface area contributed by atoms with Crippen molar-refractivity contribution in [3.05, 3.63) is 0 Å². The molecule has 0 atom stereocenters. The van der Waals surface area contributed by atoms with Crippen LogP contribution < -0.4 is 5.32 Å². The second-order valence-corrected chi connectivity index (χ2v) is 4.61. The quantitative estimate of drug-likeness (QED) is 0.531. The molecule has 0 aliphatic heterocycles. The van der Waals surface area contributed by atoms with Crippen molar-refractivity contribution in [2.75, 3.05) is 20.3 Å². The summed E-state index contributed by atoms with van der Waals surface area (Å²) >= 11 is 0. The van der Waals surface area contributed by atoms with E-state index in [9.17, 15) is 9.90 Å². The number of methoxy groups -OCH3 is 1. The molecular formula is C12H23NO3. The Labute approximate surface area is 97.4 Å². The Hall–Kier alpha value is -0.610. The molecule has 2 N–H and O–H groups in total. The Kier molecular flexibility index (Phi) is 5.77. The monoisotopic (exact) mass is 229 g/mol. The molecule has 0 heterocycles. The van der Waals surface area contributed by atoms with E-state index in [2.05, 4.69) is 10.1 Å². The molecule has 0 aromatic heterocycles. The van der Waals surface area contributed by atoms with E-state index in [1.807, 2.05) is 0 Å². The number of nitrogens with one attached hydrogen (secondary N) is 1. The summed E-state index contributed by atoms with van der Waals surface area (Å²) in [6, 6.07) is 0. The number of carbonyl (C=O) groups is 1. The lowest BCUT2D eigenvalue weighted by Gasteiger charge is -2.36. The van der Waals surface area contributed by atoms with E-state index in [-0.39, 0.29) is 18.1 Å². The fourth-order valence-corrected chi connectivity index (χ4v) is 2.31. The molecule has 0 saturated heterocycles. The summed E-state index contributed by atoms with van der Waals surface area (Å²) in [7, 11) is 1.41. The van der Waals surface area contributed by atoms with Gasteiger partial charge in [-0.25, -0.2) is 0 Å². The summed E-state index contributed by atoms with van der Waals surface area (Å²) in [5, 5.41) is 12.8. The molecule has 16 heavy (non-hydrogen) atoms. The molecule has 0 unspecified atom stereocenters.